The monoisotopic (exact) mass is 310 g/mol. The summed E-state index contributed by atoms with van der Waals surface area (Å²) in [6.07, 6.45) is 2.37. The zero-order valence-electron chi connectivity index (χ0n) is 14.2. The van der Waals surface area contributed by atoms with Crippen molar-refractivity contribution in [1.82, 2.24) is 0 Å². The Labute approximate surface area is 135 Å². The number of hydrogen-bond acceptors (Lipinski definition) is 2. The summed E-state index contributed by atoms with van der Waals surface area (Å²) in [5.74, 6) is 1.40. The maximum absolute atomic E-state index is 6.50. The molecule has 0 aliphatic rings. The first-order valence-electron chi connectivity index (χ1n) is 8.11. The summed E-state index contributed by atoms with van der Waals surface area (Å²) < 4.78 is 0. The summed E-state index contributed by atoms with van der Waals surface area (Å²) in [5, 5.41) is 0.817. The number of nitrogens with two attached hydrogens (primary N) is 1. The van der Waals surface area contributed by atoms with E-state index < -0.39 is 0 Å². The summed E-state index contributed by atoms with van der Waals surface area (Å²) in [7, 11) is 0. The second-order valence-corrected chi connectivity index (χ2v) is 7.26. The SMILES string of the molecule is CC(C)CCN(CCC(C)C)c1ccc([C@@H](C)N)cc1Cl. The van der Waals surface area contributed by atoms with E-state index in [-0.39, 0.29) is 6.04 Å². The van der Waals surface area contributed by atoms with Crippen LogP contribution in [0, 0.1) is 11.8 Å². The molecule has 0 radical (unpaired) electrons. The molecule has 0 saturated carbocycles. The van der Waals surface area contributed by atoms with E-state index >= 15 is 0 Å². The minimum absolute atomic E-state index is 0.0244. The molecule has 0 aromatic heterocycles. The molecule has 0 amide bonds. The van der Waals surface area contributed by atoms with Crippen molar-refractivity contribution < 1.29 is 0 Å². The minimum Gasteiger partial charge on any atom is -0.370 e. The Morgan fingerprint density at radius 1 is 1.00 bits per heavy atom. The standard InChI is InChI=1S/C18H31ClN2/c1-13(2)8-10-21(11-9-14(3)4)18-7-6-16(15(5)20)12-17(18)19/h6-7,12-15H,8-11,20H2,1-5H3/t15-/m1/s1. The number of nitrogens with zero attached hydrogens (tertiary/aromatic N) is 1. The summed E-state index contributed by atoms with van der Waals surface area (Å²) in [4.78, 5) is 2.42. The maximum atomic E-state index is 6.50. The number of hydrogen-bond donors (Lipinski definition) is 1. The van der Waals surface area contributed by atoms with Gasteiger partial charge in [0, 0.05) is 19.1 Å². The smallest absolute Gasteiger partial charge is 0.0642 e. The van der Waals surface area contributed by atoms with Crippen LogP contribution < -0.4 is 10.6 Å². The third-order valence-corrected chi connectivity index (χ3v) is 4.09. The first kappa shape index (κ1) is 18.3. The van der Waals surface area contributed by atoms with Crippen LogP contribution in [0.3, 0.4) is 0 Å². The van der Waals surface area contributed by atoms with Gasteiger partial charge in [-0.2, -0.15) is 0 Å². The van der Waals surface area contributed by atoms with Crippen LogP contribution in [0.1, 0.15) is 59.1 Å². The topological polar surface area (TPSA) is 29.3 Å². The van der Waals surface area contributed by atoms with Crippen LogP contribution in [-0.4, -0.2) is 13.1 Å². The Balaban J connectivity index is 2.90. The summed E-state index contributed by atoms with van der Waals surface area (Å²) in [6, 6.07) is 6.27. The fraction of sp³-hybridized carbons (Fsp3) is 0.667. The third kappa shape index (κ3) is 6.27. The Morgan fingerprint density at radius 2 is 1.52 bits per heavy atom. The molecule has 0 bridgehead atoms. The zero-order chi connectivity index (χ0) is 16.0. The average molecular weight is 311 g/mol. The lowest BCUT2D eigenvalue weighted by molar-refractivity contribution is 0.535. The van der Waals surface area contributed by atoms with Crippen LogP contribution in [0.5, 0.6) is 0 Å². The average Bonchev–Trinajstić information content (AvgIpc) is 2.38. The van der Waals surface area contributed by atoms with Crippen LogP contribution >= 0.6 is 11.6 Å². The van der Waals surface area contributed by atoms with E-state index in [9.17, 15) is 0 Å². The quantitative estimate of drug-likeness (QED) is 0.709. The Morgan fingerprint density at radius 3 is 1.90 bits per heavy atom. The molecule has 0 heterocycles. The maximum Gasteiger partial charge on any atom is 0.0642 e. The fourth-order valence-corrected chi connectivity index (χ4v) is 2.55. The molecular weight excluding hydrogens is 280 g/mol. The zero-order valence-corrected chi connectivity index (χ0v) is 15.0. The summed E-state index contributed by atoms with van der Waals surface area (Å²) in [6.45, 7) is 13.2. The molecule has 0 aliphatic carbocycles. The van der Waals surface area contributed by atoms with Crippen LogP contribution in [0.2, 0.25) is 5.02 Å². The van der Waals surface area contributed by atoms with Gasteiger partial charge in [-0.05, 0) is 49.3 Å². The molecule has 1 aromatic rings. The van der Waals surface area contributed by atoms with Crippen molar-refractivity contribution in [2.45, 2.75) is 53.5 Å². The van der Waals surface area contributed by atoms with Crippen LogP contribution in [0.4, 0.5) is 5.69 Å². The van der Waals surface area contributed by atoms with Crippen molar-refractivity contribution in [1.29, 1.82) is 0 Å². The van der Waals surface area contributed by atoms with Crippen molar-refractivity contribution in [2.24, 2.45) is 17.6 Å². The van der Waals surface area contributed by atoms with Crippen LogP contribution in [-0.2, 0) is 0 Å². The van der Waals surface area contributed by atoms with Gasteiger partial charge in [-0.3, -0.25) is 0 Å². The highest BCUT2D eigenvalue weighted by molar-refractivity contribution is 6.33. The second kappa shape index (κ2) is 8.65. The van der Waals surface area contributed by atoms with Gasteiger partial charge in [-0.25, -0.2) is 0 Å². The highest BCUT2D eigenvalue weighted by Gasteiger charge is 2.13. The molecule has 21 heavy (non-hydrogen) atoms. The molecule has 0 spiro atoms. The van der Waals surface area contributed by atoms with Gasteiger partial charge in [-0.1, -0.05) is 45.4 Å². The second-order valence-electron chi connectivity index (χ2n) is 6.85. The van der Waals surface area contributed by atoms with E-state index in [0.29, 0.717) is 11.8 Å². The van der Waals surface area contributed by atoms with Gasteiger partial charge in [0.25, 0.3) is 0 Å². The largest absolute Gasteiger partial charge is 0.370 e. The molecule has 120 valence electrons. The van der Waals surface area contributed by atoms with Gasteiger partial charge in [-0.15, -0.1) is 0 Å². The lowest BCUT2D eigenvalue weighted by atomic mass is 10.1. The van der Waals surface area contributed by atoms with Crippen molar-refractivity contribution in [3.05, 3.63) is 28.8 Å². The van der Waals surface area contributed by atoms with Gasteiger partial charge in [0.2, 0.25) is 0 Å². The molecule has 1 atom stereocenters. The van der Waals surface area contributed by atoms with E-state index in [1.165, 1.54) is 12.8 Å². The summed E-state index contributed by atoms with van der Waals surface area (Å²) >= 11 is 6.50. The molecule has 0 unspecified atom stereocenters. The number of rotatable bonds is 8. The highest BCUT2D eigenvalue weighted by atomic mass is 35.5. The Bertz CT molecular complexity index is 415. The van der Waals surface area contributed by atoms with Gasteiger partial charge < -0.3 is 10.6 Å². The number of halogens is 1. The van der Waals surface area contributed by atoms with Gasteiger partial charge in [0.1, 0.15) is 0 Å². The molecule has 1 aromatic carbocycles. The predicted octanol–water partition coefficient (Wildman–Crippen LogP) is 5.26. The van der Waals surface area contributed by atoms with Crippen LogP contribution in [0.15, 0.2) is 18.2 Å². The number of benzene rings is 1. The van der Waals surface area contributed by atoms with Gasteiger partial charge >= 0.3 is 0 Å². The minimum atomic E-state index is 0.0244. The Kier molecular flexibility index (Phi) is 7.55. The first-order valence-corrected chi connectivity index (χ1v) is 8.49. The first-order chi connectivity index (χ1) is 9.81. The fourth-order valence-electron chi connectivity index (χ4n) is 2.24. The van der Waals surface area contributed by atoms with Crippen LogP contribution in [0.25, 0.3) is 0 Å². The highest BCUT2D eigenvalue weighted by Crippen LogP contribution is 2.29. The molecule has 1 rings (SSSR count). The van der Waals surface area contributed by atoms with Gasteiger partial charge in [0.15, 0.2) is 0 Å². The predicted molar refractivity (Wildman–Crippen MR) is 95.2 cm³/mol. The van der Waals surface area contributed by atoms with Crippen molar-refractivity contribution in [3.8, 4) is 0 Å². The molecule has 0 aliphatic heterocycles. The lowest BCUT2D eigenvalue weighted by Gasteiger charge is -2.28. The van der Waals surface area contributed by atoms with Gasteiger partial charge in [0.05, 0.1) is 10.7 Å². The van der Waals surface area contributed by atoms with Crippen molar-refractivity contribution >= 4 is 17.3 Å². The normalized spacial score (nSPS) is 13.0. The molecule has 2 nitrogen and oxygen atoms in total. The Hall–Kier alpha value is -0.730. The summed E-state index contributed by atoms with van der Waals surface area (Å²) in [5.41, 5.74) is 8.17. The molecular formula is C18H31ClN2. The third-order valence-electron chi connectivity index (χ3n) is 3.79. The number of anilines is 1. The molecule has 2 N–H and O–H groups in total. The molecule has 0 saturated heterocycles. The lowest BCUT2D eigenvalue weighted by Crippen LogP contribution is -2.28. The molecule has 0 fully saturated rings. The van der Waals surface area contributed by atoms with E-state index in [1.54, 1.807) is 0 Å². The van der Waals surface area contributed by atoms with E-state index in [2.05, 4.69) is 44.7 Å². The van der Waals surface area contributed by atoms with E-state index in [4.69, 9.17) is 17.3 Å². The van der Waals surface area contributed by atoms with E-state index in [0.717, 1.165) is 29.4 Å². The molecule has 3 heteroatoms. The van der Waals surface area contributed by atoms with Crippen molar-refractivity contribution in [3.63, 3.8) is 0 Å². The van der Waals surface area contributed by atoms with Crippen molar-refractivity contribution in [2.75, 3.05) is 18.0 Å². The van der Waals surface area contributed by atoms with E-state index in [1.807, 2.05) is 13.0 Å².